The Kier molecular flexibility index (Phi) is 7.66. The fraction of sp³-hybridized carbons (Fsp3) is 0.533. The van der Waals surface area contributed by atoms with Crippen LogP contribution in [0.15, 0.2) is 24.3 Å². The van der Waals surface area contributed by atoms with Gasteiger partial charge in [-0.05, 0) is 30.7 Å². The summed E-state index contributed by atoms with van der Waals surface area (Å²) >= 11 is 0. The van der Waals surface area contributed by atoms with Gasteiger partial charge in [-0.25, -0.2) is 0 Å². The van der Waals surface area contributed by atoms with Gasteiger partial charge in [-0.2, -0.15) is 5.26 Å². The van der Waals surface area contributed by atoms with Crippen LogP contribution in [0.2, 0.25) is 0 Å². The zero-order valence-corrected chi connectivity index (χ0v) is 11.0. The molecule has 0 spiro atoms. The summed E-state index contributed by atoms with van der Waals surface area (Å²) in [7, 11) is 0. The van der Waals surface area contributed by atoms with E-state index in [1.807, 2.05) is 12.1 Å². The third-order valence-corrected chi connectivity index (χ3v) is 2.58. The average Bonchev–Trinajstić information content (AvgIpc) is 2.42. The SMILES string of the molecule is CCCCCOCCCOc1ccc(C#N)cc1. The van der Waals surface area contributed by atoms with E-state index >= 15 is 0 Å². The number of nitrogens with zero attached hydrogens (tertiary/aromatic N) is 1. The Hall–Kier alpha value is -1.53. The average molecular weight is 247 g/mol. The van der Waals surface area contributed by atoms with Crippen LogP contribution in [0.3, 0.4) is 0 Å². The van der Waals surface area contributed by atoms with Crippen LogP contribution in [0.4, 0.5) is 0 Å². The van der Waals surface area contributed by atoms with Crippen molar-refractivity contribution in [3.63, 3.8) is 0 Å². The molecule has 3 nitrogen and oxygen atoms in total. The fourth-order valence-corrected chi connectivity index (χ4v) is 1.53. The number of unbranched alkanes of at least 4 members (excludes halogenated alkanes) is 2. The summed E-state index contributed by atoms with van der Waals surface area (Å²) in [5, 5.41) is 8.66. The lowest BCUT2D eigenvalue weighted by Crippen LogP contribution is -2.04. The van der Waals surface area contributed by atoms with E-state index in [4.69, 9.17) is 14.7 Å². The van der Waals surface area contributed by atoms with Gasteiger partial charge in [0, 0.05) is 19.6 Å². The Morgan fingerprint density at radius 1 is 1.00 bits per heavy atom. The summed E-state index contributed by atoms with van der Waals surface area (Å²) in [4.78, 5) is 0. The van der Waals surface area contributed by atoms with E-state index in [-0.39, 0.29) is 0 Å². The summed E-state index contributed by atoms with van der Waals surface area (Å²) < 4.78 is 11.0. The predicted octanol–water partition coefficient (Wildman–Crippen LogP) is 3.53. The van der Waals surface area contributed by atoms with Crippen LogP contribution in [0.25, 0.3) is 0 Å². The van der Waals surface area contributed by atoms with Crippen LogP contribution < -0.4 is 4.74 Å². The van der Waals surface area contributed by atoms with Gasteiger partial charge < -0.3 is 9.47 Å². The van der Waals surface area contributed by atoms with E-state index in [0.29, 0.717) is 12.2 Å². The summed E-state index contributed by atoms with van der Waals surface area (Å²) in [6, 6.07) is 9.24. The zero-order valence-electron chi connectivity index (χ0n) is 11.0. The normalized spacial score (nSPS) is 10.0. The van der Waals surface area contributed by atoms with Crippen molar-refractivity contribution >= 4 is 0 Å². The minimum absolute atomic E-state index is 0.652. The second-order valence-corrected chi connectivity index (χ2v) is 4.16. The molecule has 0 aliphatic rings. The molecular formula is C15H21NO2. The zero-order chi connectivity index (χ0) is 13.1. The minimum atomic E-state index is 0.652. The number of ether oxygens (including phenoxy) is 2. The summed E-state index contributed by atoms with van der Waals surface area (Å²) in [5.74, 6) is 0.806. The van der Waals surface area contributed by atoms with Crippen LogP contribution in [-0.4, -0.2) is 19.8 Å². The van der Waals surface area contributed by atoms with Gasteiger partial charge in [-0.3, -0.25) is 0 Å². The molecule has 0 aliphatic carbocycles. The van der Waals surface area contributed by atoms with E-state index in [1.54, 1.807) is 12.1 Å². The fourth-order valence-electron chi connectivity index (χ4n) is 1.53. The highest BCUT2D eigenvalue weighted by molar-refractivity contribution is 5.34. The lowest BCUT2D eigenvalue weighted by molar-refractivity contribution is 0.116. The topological polar surface area (TPSA) is 42.2 Å². The maximum Gasteiger partial charge on any atom is 0.119 e. The summed E-state index contributed by atoms with van der Waals surface area (Å²) in [6.07, 6.45) is 4.51. The monoisotopic (exact) mass is 247 g/mol. The standard InChI is InChI=1S/C15H21NO2/c1-2-3-4-10-17-11-5-12-18-15-8-6-14(13-16)7-9-15/h6-9H,2-5,10-12H2,1H3. The van der Waals surface area contributed by atoms with Crippen molar-refractivity contribution in [2.24, 2.45) is 0 Å². The van der Waals surface area contributed by atoms with Gasteiger partial charge in [0.25, 0.3) is 0 Å². The van der Waals surface area contributed by atoms with Crippen molar-refractivity contribution in [2.45, 2.75) is 32.6 Å². The van der Waals surface area contributed by atoms with E-state index in [2.05, 4.69) is 13.0 Å². The lowest BCUT2D eigenvalue weighted by Gasteiger charge is -2.06. The number of rotatable bonds is 9. The molecule has 3 heteroatoms. The minimum Gasteiger partial charge on any atom is -0.494 e. The molecule has 0 bridgehead atoms. The predicted molar refractivity (Wildman–Crippen MR) is 71.6 cm³/mol. The first-order valence-corrected chi connectivity index (χ1v) is 6.57. The van der Waals surface area contributed by atoms with Crippen LogP contribution in [0, 0.1) is 11.3 Å². The van der Waals surface area contributed by atoms with Gasteiger partial charge in [0.15, 0.2) is 0 Å². The largest absolute Gasteiger partial charge is 0.494 e. The highest BCUT2D eigenvalue weighted by Crippen LogP contribution is 2.11. The van der Waals surface area contributed by atoms with E-state index in [1.165, 1.54) is 12.8 Å². The van der Waals surface area contributed by atoms with Gasteiger partial charge in [0.05, 0.1) is 18.2 Å². The molecule has 1 aromatic carbocycles. The molecule has 0 aliphatic heterocycles. The maximum atomic E-state index is 8.66. The van der Waals surface area contributed by atoms with Gasteiger partial charge in [-0.1, -0.05) is 19.8 Å². The summed E-state index contributed by atoms with van der Waals surface area (Å²) in [6.45, 7) is 4.44. The molecule has 18 heavy (non-hydrogen) atoms. The van der Waals surface area contributed by atoms with Gasteiger partial charge in [0.1, 0.15) is 5.75 Å². The molecule has 0 atom stereocenters. The van der Waals surface area contributed by atoms with Crippen LogP contribution >= 0.6 is 0 Å². The lowest BCUT2D eigenvalue weighted by atomic mass is 10.2. The molecule has 0 radical (unpaired) electrons. The molecule has 1 rings (SSSR count). The molecule has 0 heterocycles. The van der Waals surface area contributed by atoms with Crippen molar-refractivity contribution in [3.8, 4) is 11.8 Å². The van der Waals surface area contributed by atoms with Crippen molar-refractivity contribution in [1.29, 1.82) is 5.26 Å². The molecule has 0 N–H and O–H groups in total. The van der Waals surface area contributed by atoms with Crippen molar-refractivity contribution in [2.75, 3.05) is 19.8 Å². The molecule has 0 aromatic heterocycles. The Balaban J connectivity index is 2.02. The number of nitriles is 1. The first-order chi connectivity index (χ1) is 8.86. The Morgan fingerprint density at radius 3 is 2.39 bits per heavy atom. The highest BCUT2D eigenvalue weighted by Gasteiger charge is 1.95. The quantitative estimate of drug-likeness (QED) is 0.627. The van der Waals surface area contributed by atoms with Crippen molar-refractivity contribution in [3.05, 3.63) is 29.8 Å². The highest BCUT2D eigenvalue weighted by atomic mass is 16.5. The Labute approximate surface area is 109 Å². The third-order valence-electron chi connectivity index (χ3n) is 2.58. The van der Waals surface area contributed by atoms with Crippen molar-refractivity contribution in [1.82, 2.24) is 0 Å². The van der Waals surface area contributed by atoms with Gasteiger partial charge in [0.2, 0.25) is 0 Å². The van der Waals surface area contributed by atoms with Crippen LogP contribution in [0.5, 0.6) is 5.75 Å². The Morgan fingerprint density at radius 2 is 1.72 bits per heavy atom. The number of benzene rings is 1. The van der Waals surface area contributed by atoms with Crippen molar-refractivity contribution < 1.29 is 9.47 Å². The smallest absolute Gasteiger partial charge is 0.119 e. The second kappa shape index (κ2) is 9.49. The van der Waals surface area contributed by atoms with Gasteiger partial charge >= 0.3 is 0 Å². The Bertz CT molecular complexity index is 354. The molecule has 0 fully saturated rings. The molecular weight excluding hydrogens is 226 g/mol. The number of hydrogen-bond donors (Lipinski definition) is 0. The molecule has 98 valence electrons. The molecule has 0 saturated heterocycles. The second-order valence-electron chi connectivity index (χ2n) is 4.16. The molecule has 0 saturated carbocycles. The van der Waals surface area contributed by atoms with Crippen LogP contribution in [0.1, 0.15) is 38.2 Å². The molecule has 0 unspecified atom stereocenters. The van der Waals surface area contributed by atoms with Gasteiger partial charge in [-0.15, -0.1) is 0 Å². The first-order valence-electron chi connectivity index (χ1n) is 6.57. The maximum absolute atomic E-state index is 8.66. The first kappa shape index (κ1) is 14.5. The molecule has 1 aromatic rings. The van der Waals surface area contributed by atoms with E-state index in [9.17, 15) is 0 Å². The van der Waals surface area contributed by atoms with E-state index < -0.39 is 0 Å². The number of hydrogen-bond acceptors (Lipinski definition) is 3. The van der Waals surface area contributed by atoms with E-state index in [0.717, 1.165) is 31.8 Å². The van der Waals surface area contributed by atoms with Crippen LogP contribution in [-0.2, 0) is 4.74 Å². The third kappa shape index (κ3) is 6.27. The summed E-state index contributed by atoms with van der Waals surface area (Å²) in [5.41, 5.74) is 0.654. The molecule has 0 amide bonds.